The van der Waals surface area contributed by atoms with Gasteiger partial charge in [-0.15, -0.1) is 0 Å². The highest BCUT2D eigenvalue weighted by molar-refractivity contribution is 6.01. The van der Waals surface area contributed by atoms with E-state index >= 15 is 0 Å². The first-order chi connectivity index (χ1) is 19.2. The smallest absolute Gasteiger partial charge is 0.417 e. The van der Waals surface area contributed by atoms with Crippen molar-refractivity contribution in [2.45, 2.75) is 38.8 Å². The predicted octanol–water partition coefficient (Wildman–Crippen LogP) is 8.07. The number of hydrogen-bond donors (Lipinski definition) is 1. The Morgan fingerprint density at radius 3 is 2.45 bits per heavy atom. The van der Waals surface area contributed by atoms with Gasteiger partial charge in [0.1, 0.15) is 0 Å². The van der Waals surface area contributed by atoms with E-state index in [1.165, 1.54) is 17.7 Å². The molecule has 0 atom stereocenters. The summed E-state index contributed by atoms with van der Waals surface area (Å²) < 4.78 is 55.2. The number of aryl methyl sites for hydroxylation is 2. The molecular weight excluding hydrogens is 518 g/mol. The number of carboxylic acids is 1. The Bertz CT molecular complexity index is 1480. The molecule has 0 unspecified atom stereocenters. The van der Waals surface area contributed by atoms with E-state index in [-0.39, 0.29) is 17.8 Å². The van der Waals surface area contributed by atoms with Crippen molar-refractivity contribution in [2.75, 3.05) is 26.3 Å². The van der Waals surface area contributed by atoms with Crippen LogP contribution in [0.5, 0.6) is 0 Å². The van der Waals surface area contributed by atoms with Crippen LogP contribution in [0.15, 0.2) is 66.2 Å². The van der Waals surface area contributed by atoms with Gasteiger partial charge < -0.3 is 5.11 Å². The van der Waals surface area contributed by atoms with Crippen molar-refractivity contribution in [1.29, 1.82) is 0 Å². The Kier molecular flexibility index (Phi) is 7.95. The van der Waals surface area contributed by atoms with Gasteiger partial charge in [0.2, 0.25) is 0 Å². The van der Waals surface area contributed by atoms with Crippen molar-refractivity contribution in [3.05, 3.63) is 111 Å². The Morgan fingerprint density at radius 1 is 1.02 bits per heavy atom. The molecule has 1 heterocycles. The van der Waals surface area contributed by atoms with Crippen LogP contribution in [0.1, 0.15) is 68.6 Å². The molecule has 1 fully saturated rings. The summed E-state index contributed by atoms with van der Waals surface area (Å²) in [4.78, 5) is 13.9. The lowest BCUT2D eigenvalue weighted by Gasteiger charge is -2.33. The summed E-state index contributed by atoms with van der Waals surface area (Å²) in [5.74, 6) is -1.03. The third kappa shape index (κ3) is 5.75. The molecule has 0 spiro atoms. The van der Waals surface area contributed by atoms with Gasteiger partial charge in [0.15, 0.2) is 0 Å². The lowest BCUT2D eigenvalue weighted by atomic mass is 9.84. The summed E-state index contributed by atoms with van der Waals surface area (Å²) in [6.45, 7) is 3.75. The van der Waals surface area contributed by atoms with E-state index in [2.05, 4.69) is 11.0 Å². The van der Waals surface area contributed by atoms with E-state index in [1.807, 2.05) is 24.3 Å². The molecule has 3 nitrogen and oxygen atoms in total. The Hall–Kier alpha value is -3.71. The first-order valence-electron chi connectivity index (χ1n) is 13.5. The highest BCUT2D eigenvalue weighted by atomic mass is 19.4. The van der Waals surface area contributed by atoms with Crippen LogP contribution in [0.2, 0.25) is 0 Å². The lowest BCUT2D eigenvalue weighted by molar-refractivity contribution is -0.137. The molecular formula is C33H31F4NO2. The molecule has 0 saturated carbocycles. The van der Waals surface area contributed by atoms with Gasteiger partial charge in [0.25, 0.3) is 0 Å². The third-order valence-electron chi connectivity index (χ3n) is 7.71. The average molecular weight is 550 g/mol. The first-order valence-corrected chi connectivity index (χ1v) is 13.5. The van der Waals surface area contributed by atoms with E-state index in [0.29, 0.717) is 42.4 Å². The van der Waals surface area contributed by atoms with Crippen LogP contribution < -0.4 is 0 Å². The molecule has 1 N–H and O–H groups in total. The number of alkyl halides is 4. The molecule has 7 heteroatoms. The zero-order chi connectivity index (χ0) is 28.4. The molecule has 0 bridgehead atoms. The number of nitrogens with zero attached hydrogens (tertiary/aromatic N) is 1. The summed E-state index contributed by atoms with van der Waals surface area (Å²) in [7, 11) is 0. The van der Waals surface area contributed by atoms with Gasteiger partial charge in [-0.05, 0) is 101 Å². The van der Waals surface area contributed by atoms with Crippen molar-refractivity contribution in [1.82, 2.24) is 4.90 Å². The second-order valence-corrected chi connectivity index (χ2v) is 10.6. The number of likely N-dealkylation sites (tertiary alicyclic amines) is 1. The van der Waals surface area contributed by atoms with Crippen LogP contribution in [0.3, 0.4) is 0 Å². The van der Waals surface area contributed by atoms with Crippen molar-refractivity contribution in [3.63, 3.8) is 0 Å². The molecule has 2 aliphatic rings. The minimum atomic E-state index is -4.52. The van der Waals surface area contributed by atoms with E-state index < -0.39 is 17.7 Å². The SMILES string of the molecule is Cc1cccc(C(F)(F)F)c1C1=C(c2ccc(C=C3CN(CCCF)C3)cc2)c2ccc(C(=O)O)cc2CCC1. The van der Waals surface area contributed by atoms with Gasteiger partial charge in [-0.1, -0.05) is 48.5 Å². The summed E-state index contributed by atoms with van der Waals surface area (Å²) in [5.41, 5.74) is 6.22. The van der Waals surface area contributed by atoms with E-state index in [0.717, 1.165) is 48.0 Å². The molecule has 1 aliphatic carbocycles. The van der Waals surface area contributed by atoms with Crippen LogP contribution in [0.25, 0.3) is 17.2 Å². The van der Waals surface area contributed by atoms with E-state index in [1.54, 1.807) is 25.1 Å². The zero-order valence-corrected chi connectivity index (χ0v) is 22.3. The lowest BCUT2D eigenvalue weighted by Crippen LogP contribution is -2.40. The summed E-state index contributed by atoms with van der Waals surface area (Å²) in [6.07, 6.45) is -0.275. The number of halogens is 4. The first kappa shape index (κ1) is 27.8. The monoisotopic (exact) mass is 549 g/mol. The number of rotatable bonds is 7. The fourth-order valence-corrected chi connectivity index (χ4v) is 5.85. The fraction of sp³-hybridized carbons (Fsp3) is 0.303. The van der Waals surface area contributed by atoms with Crippen molar-refractivity contribution in [3.8, 4) is 0 Å². The minimum Gasteiger partial charge on any atom is -0.478 e. The number of carboxylic acid groups (broad SMARTS) is 1. The van der Waals surface area contributed by atoms with Crippen molar-refractivity contribution in [2.24, 2.45) is 0 Å². The molecule has 1 saturated heterocycles. The van der Waals surface area contributed by atoms with Crippen molar-refractivity contribution < 1.29 is 27.5 Å². The molecule has 5 rings (SSSR count). The molecule has 1 aliphatic heterocycles. The second kappa shape index (κ2) is 11.4. The maximum absolute atomic E-state index is 14.2. The Morgan fingerprint density at radius 2 is 1.77 bits per heavy atom. The fourth-order valence-electron chi connectivity index (χ4n) is 5.85. The Labute approximate surface area is 231 Å². The molecule has 40 heavy (non-hydrogen) atoms. The van der Waals surface area contributed by atoms with Gasteiger partial charge in [-0.3, -0.25) is 9.29 Å². The number of allylic oxidation sites excluding steroid dienone is 1. The maximum atomic E-state index is 14.2. The van der Waals surface area contributed by atoms with Crippen LogP contribution in [0.4, 0.5) is 17.6 Å². The van der Waals surface area contributed by atoms with Crippen molar-refractivity contribution >= 4 is 23.2 Å². The maximum Gasteiger partial charge on any atom is 0.417 e. The van der Waals surface area contributed by atoms with Gasteiger partial charge in [-0.2, -0.15) is 13.2 Å². The van der Waals surface area contributed by atoms with Crippen LogP contribution in [-0.4, -0.2) is 42.3 Å². The highest BCUT2D eigenvalue weighted by Crippen LogP contribution is 2.45. The van der Waals surface area contributed by atoms with E-state index in [9.17, 15) is 27.5 Å². The molecule has 0 aromatic heterocycles. The summed E-state index contributed by atoms with van der Waals surface area (Å²) >= 11 is 0. The molecule has 208 valence electrons. The van der Waals surface area contributed by atoms with Crippen LogP contribution in [-0.2, 0) is 12.6 Å². The number of benzene rings is 3. The number of carbonyl (C=O) groups is 1. The number of aromatic carboxylic acids is 1. The molecule has 3 aromatic carbocycles. The number of hydrogen-bond acceptors (Lipinski definition) is 2. The predicted molar refractivity (Wildman–Crippen MR) is 150 cm³/mol. The third-order valence-corrected chi connectivity index (χ3v) is 7.71. The molecule has 0 radical (unpaired) electrons. The van der Waals surface area contributed by atoms with Crippen LogP contribution in [0, 0.1) is 6.92 Å². The standard InChI is InChI=1S/C33H31F4NO2/c1-21-5-2-8-29(33(35,36)37)30(21)28-7-3-6-25-18-26(32(39)40)13-14-27(25)31(28)24-11-9-22(10-12-24)17-23-19-38(20-23)16-4-15-34/h2,5,8-14,17-18H,3-4,6-7,15-16,19-20H2,1H3,(H,39,40). The van der Waals surface area contributed by atoms with Gasteiger partial charge in [-0.25, -0.2) is 4.79 Å². The summed E-state index contributed by atoms with van der Waals surface area (Å²) in [5, 5.41) is 9.56. The van der Waals surface area contributed by atoms with E-state index in [4.69, 9.17) is 0 Å². The van der Waals surface area contributed by atoms with Gasteiger partial charge in [0.05, 0.1) is 17.8 Å². The quantitative estimate of drug-likeness (QED) is 0.303. The Balaban J connectivity index is 1.62. The topological polar surface area (TPSA) is 40.5 Å². The zero-order valence-electron chi connectivity index (χ0n) is 22.3. The highest BCUT2D eigenvalue weighted by Gasteiger charge is 2.36. The summed E-state index contributed by atoms with van der Waals surface area (Å²) in [6, 6.07) is 17.0. The van der Waals surface area contributed by atoms with Crippen LogP contribution >= 0.6 is 0 Å². The largest absolute Gasteiger partial charge is 0.478 e. The average Bonchev–Trinajstić information content (AvgIpc) is 3.08. The van der Waals surface area contributed by atoms with Gasteiger partial charge in [0, 0.05) is 19.6 Å². The minimum absolute atomic E-state index is 0.163. The second-order valence-electron chi connectivity index (χ2n) is 10.6. The number of fused-ring (bicyclic) bond motifs is 1. The molecule has 0 amide bonds. The molecule has 3 aromatic rings. The normalized spacial score (nSPS) is 15.9. The van der Waals surface area contributed by atoms with Gasteiger partial charge >= 0.3 is 12.1 Å².